The fourth-order valence-corrected chi connectivity index (χ4v) is 0.633. The Kier molecular flexibility index (Phi) is 3.70. The lowest BCUT2D eigenvalue weighted by Crippen LogP contribution is -2.41. The van der Waals surface area contributed by atoms with Crippen LogP contribution in [0.25, 0.3) is 0 Å². The van der Waals surface area contributed by atoms with Crippen molar-refractivity contribution in [2.75, 3.05) is 0 Å². The molecule has 0 N–H and O–H groups in total. The summed E-state index contributed by atoms with van der Waals surface area (Å²) >= 11 is 0. The van der Waals surface area contributed by atoms with E-state index in [2.05, 4.69) is 0 Å². The highest BCUT2D eigenvalue weighted by Gasteiger charge is 2.60. The number of rotatable bonds is 3. The quantitative estimate of drug-likeness (QED) is 0.551. The van der Waals surface area contributed by atoms with Gasteiger partial charge in [0.2, 0.25) is 0 Å². The molecule has 0 aromatic heterocycles. The monoisotopic (exact) mass is 244 g/mol. The molecule has 0 aliphatic heterocycles. The van der Waals surface area contributed by atoms with Crippen molar-refractivity contribution in [2.24, 2.45) is 5.92 Å². The zero-order valence-corrected chi connectivity index (χ0v) is 6.79. The van der Waals surface area contributed by atoms with Crippen LogP contribution < -0.4 is 0 Å². The molecule has 0 aliphatic rings. The second kappa shape index (κ2) is 3.93. The molecule has 0 aromatic rings. The zero-order valence-electron chi connectivity index (χ0n) is 6.79. The van der Waals surface area contributed by atoms with Crippen LogP contribution in [0.2, 0.25) is 0 Å². The van der Waals surface area contributed by atoms with E-state index in [0.29, 0.717) is 0 Å². The maximum atomic E-state index is 12.1. The Labute approximate surface area is 78.0 Å². The van der Waals surface area contributed by atoms with Crippen LogP contribution >= 0.6 is 0 Å². The van der Waals surface area contributed by atoms with Gasteiger partial charge in [-0.2, -0.15) is 35.1 Å². The van der Waals surface area contributed by atoms with Crippen molar-refractivity contribution in [1.29, 1.82) is 0 Å². The van der Waals surface area contributed by atoms with Crippen molar-refractivity contribution in [3.63, 3.8) is 0 Å². The number of hydrogen-bond donors (Lipinski definition) is 0. The van der Waals surface area contributed by atoms with Crippen LogP contribution in [0.4, 0.5) is 35.1 Å². The molecule has 1 unspecified atom stereocenters. The lowest BCUT2D eigenvalue weighted by atomic mass is 10.0. The molecular weight excluding hydrogens is 240 g/mol. The second-order valence-electron chi connectivity index (χ2n) is 2.69. The summed E-state index contributed by atoms with van der Waals surface area (Å²) in [7, 11) is 0. The Balaban J connectivity index is 4.78. The zero-order chi connectivity index (χ0) is 12.5. The number of carbonyl (C=O) groups excluding carboxylic acids is 1. The largest absolute Gasteiger partial charge is 0.453 e. The predicted octanol–water partition coefficient (Wildman–Crippen LogP) is 2.95. The minimum Gasteiger partial charge on any atom is -0.303 e. The van der Waals surface area contributed by atoms with Gasteiger partial charge in [0.25, 0.3) is 0 Å². The minimum atomic E-state index is -6.10. The van der Waals surface area contributed by atoms with Gasteiger partial charge in [0.1, 0.15) is 12.2 Å². The van der Waals surface area contributed by atoms with Crippen LogP contribution in [0.15, 0.2) is 0 Å². The van der Waals surface area contributed by atoms with E-state index in [0.717, 1.165) is 0 Å². The summed E-state index contributed by atoms with van der Waals surface area (Å²) in [6, 6.07) is 0. The summed E-state index contributed by atoms with van der Waals surface area (Å²) in [5.74, 6) is -8.86. The number of hydrogen-bond acceptors (Lipinski definition) is 1. The summed E-state index contributed by atoms with van der Waals surface area (Å²) in [4.78, 5) is 9.74. The first-order chi connectivity index (χ1) is 6.42. The number of aldehydes is 1. The third-order valence-corrected chi connectivity index (χ3v) is 1.48. The van der Waals surface area contributed by atoms with Crippen LogP contribution in [-0.4, -0.2) is 24.6 Å². The number of carbonyl (C=O) groups is 1. The highest BCUT2D eigenvalue weighted by atomic mass is 19.4. The molecule has 15 heavy (non-hydrogen) atoms. The number of halogens is 8. The Morgan fingerprint density at radius 1 is 0.933 bits per heavy atom. The smallest absolute Gasteiger partial charge is 0.303 e. The number of alkyl halides is 8. The van der Waals surface area contributed by atoms with Gasteiger partial charge in [-0.05, 0) is 0 Å². The second-order valence-corrected chi connectivity index (χ2v) is 2.69. The molecule has 1 nitrogen and oxygen atoms in total. The van der Waals surface area contributed by atoms with Gasteiger partial charge in [-0.15, -0.1) is 0 Å². The van der Waals surface area contributed by atoms with Gasteiger partial charge in [0, 0.05) is 6.42 Å². The van der Waals surface area contributed by atoms with Gasteiger partial charge in [-0.25, -0.2) is 0 Å². The molecule has 0 saturated heterocycles. The lowest BCUT2D eigenvalue weighted by molar-refractivity contribution is -0.296. The molecule has 0 spiro atoms. The molecule has 0 radical (unpaired) electrons. The van der Waals surface area contributed by atoms with E-state index < -0.39 is 36.9 Å². The fourth-order valence-electron chi connectivity index (χ4n) is 0.633. The van der Waals surface area contributed by atoms with Crippen molar-refractivity contribution in [3.05, 3.63) is 0 Å². The lowest BCUT2D eigenvalue weighted by Gasteiger charge is -2.23. The maximum Gasteiger partial charge on any atom is 0.453 e. The first-order valence-electron chi connectivity index (χ1n) is 3.38. The average molecular weight is 244 g/mol. The van der Waals surface area contributed by atoms with Crippen molar-refractivity contribution in [1.82, 2.24) is 0 Å². The van der Waals surface area contributed by atoms with Crippen LogP contribution in [-0.2, 0) is 4.79 Å². The molecule has 0 rings (SSSR count). The molecule has 0 bridgehead atoms. The van der Waals surface area contributed by atoms with Crippen LogP contribution in [0.1, 0.15) is 6.42 Å². The standard InChI is InChI=1S/C6H4F8O/c7-4(8,6(12,13)14)1-3(2-15)5(9,10)11/h2-3H,1H2. The SMILES string of the molecule is O=CC(CC(F)(F)C(F)(F)F)C(F)(F)F. The van der Waals surface area contributed by atoms with Gasteiger partial charge in [-0.3, -0.25) is 0 Å². The first kappa shape index (κ1) is 14.1. The fraction of sp³-hybridized carbons (Fsp3) is 0.833. The predicted molar refractivity (Wildman–Crippen MR) is 31.2 cm³/mol. The Morgan fingerprint density at radius 2 is 1.33 bits per heavy atom. The van der Waals surface area contributed by atoms with Crippen molar-refractivity contribution in [3.8, 4) is 0 Å². The van der Waals surface area contributed by atoms with E-state index in [1.807, 2.05) is 0 Å². The van der Waals surface area contributed by atoms with Gasteiger partial charge in [0.15, 0.2) is 0 Å². The van der Waals surface area contributed by atoms with Gasteiger partial charge < -0.3 is 4.79 Å². The molecule has 0 saturated carbocycles. The highest BCUT2D eigenvalue weighted by Crippen LogP contribution is 2.42. The maximum absolute atomic E-state index is 12.1. The average Bonchev–Trinajstić information content (AvgIpc) is 1.95. The summed E-state index contributed by atoms with van der Waals surface area (Å²) < 4.78 is 93.8. The Morgan fingerprint density at radius 3 is 1.53 bits per heavy atom. The molecule has 0 amide bonds. The van der Waals surface area contributed by atoms with E-state index >= 15 is 0 Å². The highest BCUT2D eigenvalue weighted by molar-refractivity contribution is 5.54. The van der Waals surface area contributed by atoms with E-state index in [-0.39, 0.29) is 0 Å². The van der Waals surface area contributed by atoms with E-state index in [4.69, 9.17) is 0 Å². The van der Waals surface area contributed by atoms with E-state index in [1.54, 1.807) is 0 Å². The normalized spacial score (nSPS) is 16.3. The van der Waals surface area contributed by atoms with Crippen molar-refractivity contribution < 1.29 is 39.9 Å². The molecule has 0 heterocycles. The topological polar surface area (TPSA) is 17.1 Å². The minimum absolute atomic E-state index is 0.973. The van der Waals surface area contributed by atoms with Gasteiger partial charge in [0.05, 0.1) is 0 Å². The van der Waals surface area contributed by atoms with Crippen molar-refractivity contribution in [2.45, 2.75) is 24.7 Å². The molecule has 9 heteroatoms. The third kappa shape index (κ3) is 3.63. The molecule has 0 aromatic carbocycles. The molecule has 1 atom stereocenters. The molecule has 90 valence electrons. The molecule has 0 aliphatic carbocycles. The van der Waals surface area contributed by atoms with Crippen LogP contribution in [0.3, 0.4) is 0 Å². The van der Waals surface area contributed by atoms with Gasteiger partial charge >= 0.3 is 18.3 Å². The molecule has 0 fully saturated rings. The van der Waals surface area contributed by atoms with E-state index in [1.165, 1.54) is 0 Å². The summed E-state index contributed by atoms with van der Waals surface area (Å²) in [6.45, 7) is 0. The summed E-state index contributed by atoms with van der Waals surface area (Å²) in [5.41, 5.74) is 0. The van der Waals surface area contributed by atoms with Gasteiger partial charge in [-0.1, -0.05) is 0 Å². The summed E-state index contributed by atoms with van der Waals surface area (Å²) in [5, 5.41) is 0. The van der Waals surface area contributed by atoms with Crippen LogP contribution in [0.5, 0.6) is 0 Å². The first-order valence-corrected chi connectivity index (χ1v) is 3.38. The van der Waals surface area contributed by atoms with Crippen LogP contribution in [0, 0.1) is 5.92 Å². The Hall–Kier alpha value is -0.890. The van der Waals surface area contributed by atoms with E-state index in [9.17, 15) is 39.9 Å². The summed E-state index contributed by atoms with van der Waals surface area (Å²) in [6.07, 6.45) is -15.1. The molecular formula is C6H4F8O. The third-order valence-electron chi connectivity index (χ3n) is 1.48. The Bertz CT molecular complexity index is 226. The van der Waals surface area contributed by atoms with Crippen molar-refractivity contribution >= 4 is 6.29 Å².